The minimum Gasteiger partial charge on any atom is -0.378 e. The molecule has 1 spiro atoms. The molecule has 0 aromatic heterocycles. The van der Waals surface area contributed by atoms with E-state index in [9.17, 15) is 4.79 Å². The molecule has 0 unspecified atom stereocenters. The predicted octanol–water partition coefficient (Wildman–Crippen LogP) is 5.23. The van der Waals surface area contributed by atoms with Crippen LogP contribution in [0.25, 0.3) is 0 Å². The highest BCUT2D eigenvalue weighted by Gasteiger charge is 2.37. The first-order valence-corrected chi connectivity index (χ1v) is 14.1. The number of hydrogen-bond acceptors (Lipinski definition) is 5. The van der Waals surface area contributed by atoms with Crippen LogP contribution in [-0.4, -0.2) is 69.7 Å². The Balaban J connectivity index is 1.33. The van der Waals surface area contributed by atoms with Gasteiger partial charge in [0.1, 0.15) is 5.78 Å². The molecule has 0 bridgehead atoms. The molecule has 5 heteroatoms. The minimum atomic E-state index is 0.364. The quantitative estimate of drug-likeness (QED) is 0.572. The van der Waals surface area contributed by atoms with Gasteiger partial charge >= 0.3 is 0 Å². The summed E-state index contributed by atoms with van der Waals surface area (Å²) in [6.45, 7) is 10.3. The smallest absolute Gasteiger partial charge is 0.146 e. The number of ketones is 1. The number of piperazine rings is 1. The zero-order chi connectivity index (χ0) is 23.4. The van der Waals surface area contributed by atoms with Gasteiger partial charge in [-0.2, -0.15) is 0 Å². The Hall–Kier alpha value is -1.59. The maximum Gasteiger partial charge on any atom is 0.146 e. The van der Waals surface area contributed by atoms with E-state index in [-0.39, 0.29) is 0 Å². The van der Waals surface area contributed by atoms with Crippen molar-refractivity contribution in [3.05, 3.63) is 23.8 Å². The van der Waals surface area contributed by atoms with Crippen LogP contribution in [0.15, 0.2) is 18.2 Å². The van der Waals surface area contributed by atoms with Crippen molar-refractivity contribution >= 4 is 17.2 Å². The van der Waals surface area contributed by atoms with Gasteiger partial charge in [0.15, 0.2) is 0 Å². The highest BCUT2D eigenvalue weighted by Crippen LogP contribution is 2.52. The number of carbonyl (C=O) groups is 1. The Labute approximate surface area is 206 Å². The third-order valence-corrected chi connectivity index (χ3v) is 9.29. The van der Waals surface area contributed by atoms with Crippen LogP contribution in [0.5, 0.6) is 0 Å². The summed E-state index contributed by atoms with van der Waals surface area (Å²) in [5, 5.41) is 0. The van der Waals surface area contributed by atoms with Crippen LogP contribution in [0.3, 0.4) is 0 Å². The normalized spacial score (nSPS) is 24.5. The molecule has 188 valence electrons. The van der Waals surface area contributed by atoms with Crippen LogP contribution in [0.4, 0.5) is 11.4 Å². The zero-order valence-electron chi connectivity index (χ0n) is 21.4. The molecule has 0 N–H and O–H groups in total. The lowest BCUT2D eigenvalue weighted by Gasteiger charge is -2.44. The van der Waals surface area contributed by atoms with Gasteiger partial charge < -0.3 is 14.5 Å². The van der Waals surface area contributed by atoms with Gasteiger partial charge in [-0.1, -0.05) is 26.2 Å². The molecule has 0 amide bonds. The average Bonchev–Trinajstić information content (AvgIpc) is 2.90. The van der Waals surface area contributed by atoms with Crippen molar-refractivity contribution in [3.8, 4) is 0 Å². The molecule has 1 aromatic rings. The highest BCUT2D eigenvalue weighted by atomic mass is 16.5. The Morgan fingerprint density at radius 3 is 2.29 bits per heavy atom. The Kier molecular flexibility index (Phi) is 7.80. The number of ether oxygens (including phenoxy) is 1. The van der Waals surface area contributed by atoms with E-state index in [1.165, 1.54) is 69.2 Å². The lowest BCUT2D eigenvalue weighted by Crippen LogP contribution is -2.48. The van der Waals surface area contributed by atoms with E-state index in [1.807, 2.05) is 6.92 Å². The van der Waals surface area contributed by atoms with Crippen molar-refractivity contribution in [2.24, 2.45) is 5.41 Å². The van der Waals surface area contributed by atoms with Gasteiger partial charge in [0.25, 0.3) is 0 Å². The average molecular weight is 468 g/mol. The number of hydrogen-bond donors (Lipinski definition) is 0. The van der Waals surface area contributed by atoms with Gasteiger partial charge in [0, 0.05) is 57.1 Å². The van der Waals surface area contributed by atoms with Crippen LogP contribution in [0, 0.1) is 5.41 Å². The highest BCUT2D eigenvalue weighted by molar-refractivity contribution is 5.80. The van der Waals surface area contributed by atoms with E-state index >= 15 is 0 Å². The van der Waals surface area contributed by atoms with Crippen molar-refractivity contribution in [1.82, 2.24) is 4.90 Å². The summed E-state index contributed by atoms with van der Waals surface area (Å²) in [6.07, 6.45) is 13.5. The number of nitrogens with zero attached hydrogens (tertiary/aromatic N) is 3. The fraction of sp³-hybridized carbons (Fsp3) is 0.759. The van der Waals surface area contributed by atoms with Gasteiger partial charge in [-0.25, -0.2) is 0 Å². The zero-order valence-corrected chi connectivity index (χ0v) is 21.4. The molecule has 5 rings (SSSR count). The summed E-state index contributed by atoms with van der Waals surface area (Å²) in [7, 11) is 0. The molecule has 4 aliphatic rings. The minimum absolute atomic E-state index is 0.364. The van der Waals surface area contributed by atoms with E-state index < -0.39 is 0 Å². The molecule has 1 aromatic carbocycles. The summed E-state index contributed by atoms with van der Waals surface area (Å²) in [6, 6.07) is 7.30. The number of carbonyl (C=O) groups excluding carboxylic acids is 1. The molecule has 4 fully saturated rings. The second-order valence-electron chi connectivity index (χ2n) is 11.3. The van der Waals surface area contributed by atoms with Crippen LogP contribution in [-0.2, 0) is 9.53 Å². The van der Waals surface area contributed by atoms with Crippen LogP contribution >= 0.6 is 0 Å². The SMILES string of the molecule is CCC(=O)CN1CCN(c2ccc(N3CCOCC3)cc2C2CCC3(CCCCC3)CC2)CC1. The topological polar surface area (TPSA) is 36.0 Å². The lowest BCUT2D eigenvalue weighted by molar-refractivity contribution is -0.119. The number of morpholine rings is 1. The summed E-state index contributed by atoms with van der Waals surface area (Å²) < 4.78 is 5.62. The molecule has 2 heterocycles. The van der Waals surface area contributed by atoms with Gasteiger partial charge in [-0.05, 0) is 73.6 Å². The van der Waals surface area contributed by atoms with E-state index in [2.05, 4.69) is 32.9 Å². The number of anilines is 2. The molecule has 34 heavy (non-hydrogen) atoms. The van der Waals surface area contributed by atoms with Gasteiger partial charge in [0.2, 0.25) is 0 Å². The van der Waals surface area contributed by atoms with E-state index in [0.717, 1.165) is 52.5 Å². The second kappa shape index (κ2) is 11.0. The number of benzene rings is 1. The van der Waals surface area contributed by atoms with Gasteiger partial charge in [-0.3, -0.25) is 9.69 Å². The van der Waals surface area contributed by atoms with Gasteiger partial charge in [0.05, 0.1) is 19.8 Å². The van der Waals surface area contributed by atoms with Crippen molar-refractivity contribution in [2.75, 3.05) is 68.8 Å². The van der Waals surface area contributed by atoms with Crippen molar-refractivity contribution in [3.63, 3.8) is 0 Å². The largest absolute Gasteiger partial charge is 0.378 e. The van der Waals surface area contributed by atoms with E-state index in [4.69, 9.17) is 4.74 Å². The van der Waals surface area contributed by atoms with Crippen LogP contribution in [0.1, 0.15) is 82.6 Å². The van der Waals surface area contributed by atoms with Crippen molar-refractivity contribution < 1.29 is 9.53 Å². The lowest BCUT2D eigenvalue weighted by atomic mass is 9.62. The first-order chi connectivity index (χ1) is 16.7. The first-order valence-electron chi connectivity index (χ1n) is 14.1. The molecule has 0 radical (unpaired) electrons. The molecule has 2 saturated heterocycles. The van der Waals surface area contributed by atoms with E-state index in [1.54, 1.807) is 5.56 Å². The molecule has 5 nitrogen and oxygen atoms in total. The summed E-state index contributed by atoms with van der Waals surface area (Å²) in [4.78, 5) is 19.4. The molecule has 0 atom stereocenters. The van der Waals surface area contributed by atoms with Crippen LogP contribution in [0.2, 0.25) is 0 Å². The standard InChI is InChI=1S/C29H45N3O2/c1-2-26(33)23-30-14-16-32(17-15-30)28-7-6-25(31-18-20-34-21-19-31)22-27(28)24-8-12-29(13-9-24)10-4-3-5-11-29/h6-7,22,24H,2-5,8-21,23H2,1H3. The monoisotopic (exact) mass is 467 g/mol. The third-order valence-electron chi connectivity index (χ3n) is 9.29. The van der Waals surface area contributed by atoms with Crippen molar-refractivity contribution in [2.45, 2.75) is 77.0 Å². The summed E-state index contributed by atoms with van der Waals surface area (Å²) in [5.41, 5.74) is 5.09. The molecule has 2 aliphatic heterocycles. The van der Waals surface area contributed by atoms with Crippen LogP contribution < -0.4 is 9.80 Å². The summed E-state index contributed by atoms with van der Waals surface area (Å²) >= 11 is 0. The fourth-order valence-electron chi connectivity index (χ4n) is 7.03. The summed E-state index contributed by atoms with van der Waals surface area (Å²) in [5.74, 6) is 1.05. The predicted molar refractivity (Wildman–Crippen MR) is 140 cm³/mol. The first kappa shape index (κ1) is 24.1. The van der Waals surface area contributed by atoms with E-state index in [0.29, 0.717) is 30.1 Å². The maximum absolute atomic E-state index is 11.9. The number of Topliss-reactive ketones (excluding diaryl/α,β-unsaturated/α-hetero) is 1. The number of rotatable bonds is 6. The molecular weight excluding hydrogens is 422 g/mol. The van der Waals surface area contributed by atoms with Gasteiger partial charge in [-0.15, -0.1) is 0 Å². The molecule has 2 saturated carbocycles. The molecule has 2 aliphatic carbocycles. The second-order valence-corrected chi connectivity index (χ2v) is 11.3. The molecular formula is C29H45N3O2. The Bertz CT molecular complexity index is 811. The van der Waals surface area contributed by atoms with Crippen molar-refractivity contribution in [1.29, 1.82) is 0 Å². The Morgan fingerprint density at radius 1 is 0.912 bits per heavy atom. The third kappa shape index (κ3) is 5.46. The maximum atomic E-state index is 11.9. The Morgan fingerprint density at radius 2 is 1.62 bits per heavy atom. The fourth-order valence-corrected chi connectivity index (χ4v) is 7.03.